The quantitative estimate of drug-likeness (QED) is 0.886. The molecule has 0 spiro atoms. The monoisotopic (exact) mass is 323 g/mol. The first-order valence-electron chi connectivity index (χ1n) is 6.52. The molecule has 2 rings (SSSR count). The Morgan fingerprint density at radius 1 is 1.05 bits per heavy atom. The first-order valence-corrected chi connectivity index (χ1v) is 7.27. The molecule has 0 saturated heterocycles. The predicted octanol–water partition coefficient (Wildman–Crippen LogP) is 3.33. The summed E-state index contributed by atoms with van der Waals surface area (Å²) in [5.74, 6) is -0.391. The van der Waals surface area contributed by atoms with Crippen LogP contribution in [0.1, 0.15) is 15.9 Å². The first-order chi connectivity index (χ1) is 10.1. The molecule has 0 aromatic heterocycles. The van der Waals surface area contributed by atoms with E-state index in [9.17, 15) is 9.90 Å². The maximum atomic E-state index is 12.1. The van der Waals surface area contributed by atoms with Gasteiger partial charge in [0.05, 0.1) is 21.7 Å². The van der Waals surface area contributed by atoms with Gasteiger partial charge in [-0.15, -0.1) is 0 Å². The second kappa shape index (κ2) is 7.46. The Balaban J connectivity index is 1.92. The van der Waals surface area contributed by atoms with E-state index >= 15 is 0 Å². The molecule has 1 amide bonds. The normalized spacial score (nSPS) is 12.0. The highest BCUT2D eigenvalue weighted by molar-refractivity contribution is 6.39. The lowest BCUT2D eigenvalue weighted by Gasteiger charge is -2.13. The Morgan fingerprint density at radius 3 is 2.29 bits per heavy atom. The summed E-state index contributed by atoms with van der Waals surface area (Å²) < 4.78 is 0. The van der Waals surface area contributed by atoms with Crippen molar-refractivity contribution in [3.63, 3.8) is 0 Å². The van der Waals surface area contributed by atoms with E-state index in [2.05, 4.69) is 5.32 Å². The molecule has 0 radical (unpaired) electrons. The molecule has 0 fully saturated rings. The molecular weight excluding hydrogens is 309 g/mol. The maximum absolute atomic E-state index is 12.1. The van der Waals surface area contributed by atoms with E-state index in [1.807, 2.05) is 30.3 Å². The summed E-state index contributed by atoms with van der Waals surface area (Å²) >= 11 is 11.9. The molecule has 0 saturated carbocycles. The summed E-state index contributed by atoms with van der Waals surface area (Å²) in [5.41, 5.74) is 1.24. The summed E-state index contributed by atoms with van der Waals surface area (Å²) in [6, 6.07) is 14.5. The van der Waals surface area contributed by atoms with Crippen LogP contribution in [0.3, 0.4) is 0 Å². The number of rotatable bonds is 5. The van der Waals surface area contributed by atoms with Gasteiger partial charge in [-0.2, -0.15) is 0 Å². The van der Waals surface area contributed by atoms with Gasteiger partial charge in [0.25, 0.3) is 5.91 Å². The standard InChI is InChI=1S/C16H15Cl2NO2/c17-13-7-4-8-14(18)15(13)16(21)19-10-12(20)9-11-5-2-1-3-6-11/h1-8,12,20H,9-10H2,(H,19,21)/t12-/m1/s1. The molecule has 0 aliphatic carbocycles. The number of carbonyl (C=O) groups excluding carboxylic acids is 1. The van der Waals surface area contributed by atoms with Crippen LogP contribution in [0.2, 0.25) is 10.0 Å². The number of hydrogen-bond donors (Lipinski definition) is 2. The van der Waals surface area contributed by atoms with Gasteiger partial charge in [0.1, 0.15) is 0 Å². The molecule has 0 unspecified atom stereocenters. The van der Waals surface area contributed by atoms with Crippen LogP contribution in [0.25, 0.3) is 0 Å². The molecule has 21 heavy (non-hydrogen) atoms. The maximum Gasteiger partial charge on any atom is 0.254 e. The largest absolute Gasteiger partial charge is 0.391 e. The van der Waals surface area contributed by atoms with Crippen molar-refractivity contribution in [2.75, 3.05) is 6.54 Å². The molecular formula is C16H15Cl2NO2. The lowest BCUT2D eigenvalue weighted by atomic mass is 10.1. The zero-order valence-electron chi connectivity index (χ0n) is 11.2. The van der Waals surface area contributed by atoms with Gasteiger partial charge in [-0.05, 0) is 17.7 Å². The molecule has 5 heteroatoms. The minimum Gasteiger partial charge on any atom is -0.391 e. The topological polar surface area (TPSA) is 49.3 Å². The Labute approximate surface area is 133 Å². The smallest absolute Gasteiger partial charge is 0.254 e. The molecule has 0 heterocycles. The van der Waals surface area contributed by atoms with Gasteiger partial charge < -0.3 is 10.4 Å². The van der Waals surface area contributed by atoms with Crippen molar-refractivity contribution >= 4 is 29.1 Å². The van der Waals surface area contributed by atoms with E-state index in [1.165, 1.54) is 0 Å². The second-order valence-corrected chi connectivity index (χ2v) is 5.46. The molecule has 0 aliphatic rings. The van der Waals surface area contributed by atoms with Crippen LogP contribution >= 0.6 is 23.2 Å². The number of halogens is 2. The summed E-state index contributed by atoms with van der Waals surface area (Å²) in [6.07, 6.45) is -0.199. The Morgan fingerprint density at radius 2 is 1.67 bits per heavy atom. The average Bonchev–Trinajstić information content (AvgIpc) is 2.46. The second-order valence-electron chi connectivity index (χ2n) is 4.65. The summed E-state index contributed by atoms with van der Waals surface area (Å²) in [6.45, 7) is 0.134. The van der Waals surface area contributed by atoms with Crippen LogP contribution in [0.5, 0.6) is 0 Å². The number of aliphatic hydroxyl groups excluding tert-OH is 1. The van der Waals surface area contributed by atoms with Crippen LogP contribution < -0.4 is 5.32 Å². The number of benzene rings is 2. The molecule has 2 aromatic rings. The van der Waals surface area contributed by atoms with Crippen molar-refractivity contribution in [1.82, 2.24) is 5.32 Å². The molecule has 110 valence electrons. The Kier molecular flexibility index (Phi) is 5.62. The number of aliphatic hydroxyl groups is 1. The zero-order chi connectivity index (χ0) is 15.2. The summed E-state index contributed by atoms with van der Waals surface area (Å²) in [7, 11) is 0. The molecule has 2 N–H and O–H groups in total. The fourth-order valence-corrected chi connectivity index (χ4v) is 2.54. The van der Waals surface area contributed by atoms with Crippen molar-refractivity contribution in [2.45, 2.75) is 12.5 Å². The SMILES string of the molecule is O=C(NC[C@H](O)Cc1ccccc1)c1c(Cl)cccc1Cl. The van der Waals surface area contributed by atoms with Crippen LogP contribution in [-0.4, -0.2) is 23.7 Å². The molecule has 0 aliphatic heterocycles. The van der Waals surface area contributed by atoms with Gasteiger partial charge in [0.2, 0.25) is 0 Å². The van der Waals surface area contributed by atoms with Crippen molar-refractivity contribution < 1.29 is 9.90 Å². The first kappa shape index (κ1) is 15.8. The molecule has 1 atom stereocenters. The van der Waals surface area contributed by atoms with Crippen molar-refractivity contribution in [3.8, 4) is 0 Å². The van der Waals surface area contributed by atoms with Gasteiger partial charge in [0, 0.05) is 13.0 Å². The van der Waals surface area contributed by atoms with Crippen LogP contribution in [0.15, 0.2) is 48.5 Å². The lowest BCUT2D eigenvalue weighted by molar-refractivity contribution is 0.0916. The molecule has 3 nitrogen and oxygen atoms in total. The van der Waals surface area contributed by atoms with Gasteiger partial charge in [-0.3, -0.25) is 4.79 Å². The van der Waals surface area contributed by atoms with Gasteiger partial charge in [-0.25, -0.2) is 0 Å². The zero-order valence-corrected chi connectivity index (χ0v) is 12.7. The van der Waals surface area contributed by atoms with E-state index in [4.69, 9.17) is 23.2 Å². The highest BCUT2D eigenvalue weighted by Gasteiger charge is 2.15. The minimum atomic E-state index is -0.669. The van der Waals surface area contributed by atoms with Gasteiger partial charge >= 0.3 is 0 Å². The fourth-order valence-electron chi connectivity index (χ4n) is 1.97. The number of hydrogen-bond acceptors (Lipinski definition) is 2. The summed E-state index contributed by atoms with van der Waals surface area (Å²) in [5, 5.41) is 13.2. The third-order valence-electron chi connectivity index (χ3n) is 3.00. The van der Waals surface area contributed by atoms with Crippen LogP contribution in [0, 0.1) is 0 Å². The molecule has 0 bridgehead atoms. The third-order valence-corrected chi connectivity index (χ3v) is 3.63. The van der Waals surface area contributed by atoms with E-state index in [0.717, 1.165) is 5.56 Å². The van der Waals surface area contributed by atoms with E-state index in [1.54, 1.807) is 18.2 Å². The van der Waals surface area contributed by atoms with Crippen LogP contribution in [0.4, 0.5) is 0 Å². The Bertz CT molecular complexity index is 597. The highest BCUT2D eigenvalue weighted by Crippen LogP contribution is 2.23. The fraction of sp³-hybridized carbons (Fsp3) is 0.188. The predicted molar refractivity (Wildman–Crippen MR) is 84.9 cm³/mol. The highest BCUT2D eigenvalue weighted by atomic mass is 35.5. The van der Waals surface area contributed by atoms with Crippen LogP contribution in [-0.2, 0) is 6.42 Å². The minimum absolute atomic E-state index is 0.134. The number of amides is 1. The van der Waals surface area contributed by atoms with Gasteiger partial charge in [-0.1, -0.05) is 59.6 Å². The van der Waals surface area contributed by atoms with Crippen molar-refractivity contribution in [2.24, 2.45) is 0 Å². The number of carbonyl (C=O) groups is 1. The summed E-state index contributed by atoms with van der Waals surface area (Å²) in [4.78, 5) is 12.1. The number of nitrogens with one attached hydrogen (secondary N) is 1. The lowest BCUT2D eigenvalue weighted by Crippen LogP contribution is -2.33. The third kappa shape index (κ3) is 4.46. The van der Waals surface area contributed by atoms with Gasteiger partial charge in [0.15, 0.2) is 0 Å². The van der Waals surface area contributed by atoms with E-state index in [0.29, 0.717) is 6.42 Å². The van der Waals surface area contributed by atoms with Crippen molar-refractivity contribution in [3.05, 3.63) is 69.7 Å². The average molecular weight is 324 g/mol. The Hall–Kier alpha value is -1.55. The van der Waals surface area contributed by atoms with Crippen molar-refractivity contribution in [1.29, 1.82) is 0 Å². The van der Waals surface area contributed by atoms with E-state index < -0.39 is 12.0 Å². The molecule has 2 aromatic carbocycles. The van der Waals surface area contributed by atoms with E-state index in [-0.39, 0.29) is 22.2 Å².